The van der Waals surface area contributed by atoms with Gasteiger partial charge in [-0.1, -0.05) is 72.3 Å². The molecule has 0 spiro atoms. The highest BCUT2D eigenvalue weighted by atomic mass is 35.5. The molecule has 0 unspecified atom stereocenters. The normalized spacial score (nSPS) is 11.5. The summed E-state index contributed by atoms with van der Waals surface area (Å²) in [6.07, 6.45) is 0. The predicted octanol–water partition coefficient (Wildman–Crippen LogP) is 5.13. The minimum atomic E-state index is -3.76. The third kappa shape index (κ3) is 4.93. The van der Waals surface area contributed by atoms with E-state index in [0.29, 0.717) is 12.4 Å². The molecule has 0 saturated heterocycles. The van der Waals surface area contributed by atoms with E-state index in [1.807, 2.05) is 67.6 Å². The van der Waals surface area contributed by atoms with E-state index in [2.05, 4.69) is 0 Å². The van der Waals surface area contributed by atoms with E-state index in [1.165, 1.54) is 16.4 Å². The second kappa shape index (κ2) is 9.24. The molecule has 3 rings (SSSR count). The molecule has 0 bridgehead atoms. The van der Waals surface area contributed by atoms with Crippen LogP contribution in [0.5, 0.6) is 5.75 Å². The molecule has 0 aromatic heterocycles. The summed E-state index contributed by atoms with van der Waals surface area (Å²) in [6, 6.07) is 23.7. The maximum atomic E-state index is 13.4. The molecule has 0 radical (unpaired) electrons. The third-order valence-corrected chi connectivity index (χ3v) is 6.33. The van der Waals surface area contributed by atoms with E-state index < -0.39 is 10.0 Å². The van der Waals surface area contributed by atoms with E-state index in [0.717, 1.165) is 11.1 Å². The standard InChI is InChI=1S/C22H22ClNO3S/c1-2-27-22-14-13-20(15-21(22)23)28(25,26)24(16-18-9-5-3-6-10-18)17-19-11-7-4-8-12-19/h3-15H,2,16-17H2,1H3. The van der Waals surface area contributed by atoms with Gasteiger partial charge < -0.3 is 4.74 Å². The second-order valence-corrected chi connectivity index (χ2v) is 8.61. The number of rotatable bonds is 8. The Kier molecular flexibility index (Phi) is 6.73. The summed E-state index contributed by atoms with van der Waals surface area (Å²) in [4.78, 5) is 0.146. The molecule has 146 valence electrons. The number of benzene rings is 3. The molecular formula is C22H22ClNO3S. The average Bonchev–Trinajstić information content (AvgIpc) is 2.70. The van der Waals surface area contributed by atoms with Crippen molar-refractivity contribution in [1.82, 2.24) is 4.31 Å². The molecule has 0 aliphatic rings. The fourth-order valence-electron chi connectivity index (χ4n) is 2.86. The van der Waals surface area contributed by atoms with Crippen LogP contribution in [-0.2, 0) is 23.1 Å². The van der Waals surface area contributed by atoms with Crippen LogP contribution in [0.3, 0.4) is 0 Å². The van der Waals surface area contributed by atoms with Crippen molar-refractivity contribution in [3.63, 3.8) is 0 Å². The number of sulfonamides is 1. The lowest BCUT2D eigenvalue weighted by atomic mass is 10.2. The molecule has 28 heavy (non-hydrogen) atoms. The maximum Gasteiger partial charge on any atom is 0.243 e. The Morgan fingerprint density at radius 1 is 0.857 bits per heavy atom. The summed E-state index contributed by atoms with van der Waals surface area (Å²) in [6.45, 7) is 2.84. The van der Waals surface area contributed by atoms with Gasteiger partial charge in [-0.3, -0.25) is 0 Å². The molecule has 6 heteroatoms. The zero-order valence-electron chi connectivity index (χ0n) is 15.6. The van der Waals surface area contributed by atoms with E-state index in [-0.39, 0.29) is 23.0 Å². The number of hydrogen-bond acceptors (Lipinski definition) is 3. The Morgan fingerprint density at radius 3 is 1.86 bits per heavy atom. The highest BCUT2D eigenvalue weighted by Gasteiger charge is 2.26. The average molecular weight is 416 g/mol. The van der Waals surface area contributed by atoms with Gasteiger partial charge in [0.05, 0.1) is 16.5 Å². The largest absolute Gasteiger partial charge is 0.492 e. The topological polar surface area (TPSA) is 46.6 Å². The number of hydrogen-bond donors (Lipinski definition) is 0. The Hall–Kier alpha value is -2.34. The number of nitrogens with zero attached hydrogens (tertiary/aromatic N) is 1. The van der Waals surface area contributed by atoms with Crippen molar-refractivity contribution in [3.8, 4) is 5.75 Å². The third-order valence-electron chi connectivity index (χ3n) is 4.24. The zero-order valence-corrected chi connectivity index (χ0v) is 17.2. The summed E-state index contributed by atoms with van der Waals surface area (Å²) in [5, 5.41) is 0.280. The highest BCUT2D eigenvalue weighted by molar-refractivity contribution is 7.89. The van der Waals surface area contributed by atoms with Crippen LogP contribution in [0.2, 0.25) is 5.02 Å². The lowest BCUT2D eigenvalue weighted by molar-refractivity contribution is 0.340. The molecule has 0 atom stereocenters. The van der Waals surface area contributed by atoms with Crippen LogP contribution in [0.4, 0.5) is 0 Å². The Morgan fingerprint density at radius 2 is 1.39 bits per heavy atom. The van der Waals surface area contributed by atoms with E-state index >= 15 is 0 Å². The fourth-order valence-corrected chi connectivity index (χ4v) is 4.61. The van der Waals surface area contributed by atoms with Crippen LogP contribution < -0.4 is 4.74 Å². The van der Waals surface area contributed by atoms with Crippen molar-refractivity contribution in [2.24, 2.45) is 0 Å². The van der Waals surface area contributed by atoms with Gasteiger partial charge in [-0.05, 0) is 36.2 Å². The summed E-state index contributed by atoms with van der Waals surface area (Å²) >= 11 is 6.23. The summed E-state index contributed by atoms with van der Waals surface area (Å²) in [5.74, 6) is 0.473. The first kappa shape index (κ1) is 20.4. The summed E-state index contributed by atoms with van der Waals surface area (Å²) in [5.41, 5.74) is 1.83. The predicted molar refractivity (Wildman–Crippen MR) is 112 cm³/mol. The molecule has 0 saturated carbocycles. The van der Waals surface area contributed by atoms with Crippen LogP contribution in [0.1, 0.15) is 18.1 Å². The molecule has 3 aromatic rings. The molecule has 0 N–H and O–H groups in total. The Bertz CT molecular complexity index is 967. The zero-order chi connectivity index (χ0) is 20.0. The first-order chi connectivity index (χ1) is 13.5. The number of halogens is 1. The molecule has 4 nitrogen and oxygen atoms in total. The van der Waals surface area contributed by atoms with Gasteiger partial charge in [-0.25, -0.2) is 8.42 Å². The first-order valence-corrected chi connectivity index (χ1v) is 10.8. The van der Waals surface area contributed by atoms with E-state index in [4.69, 9.17) is 16.3 Å². The molecule has 0 aliphatic heterocycles. The molecule has 0 amide bonds. The van der Waals surface area contributed by atoms with Gasteiger partial charge in [-0.2, -0.15) is 4.31 Å². The fraction of sp³-hybridized carbons (Fsp3) is 0.182. The molecule has 0 aliphatic carbocycles. The van der Waals surface area contributed by atoms with Crippen molar-refractivity contribution in [2.45, 2.75) is 24.9 Å². The first-order valence-electron chi connectivity index (χ1n) is 9.01. The van der Waals surface area contributed by atoms with E-state index in [9.17, 15) is 8.42 Å². The highest BCUT2D eigenvalue weighted by Crippen LogP contribution is 2.30. The van der Waals surface area contributed by atoms with Crippen LogP contribution in [0, 0.1) is 0 Å². The lowest BCUT2D eigenvalue weighted by Crippen LogP contribution is -2.30. The van der Waals surface area contributed by atoms with Crippen LogP contribution in [-0.4, -0.2) is 19.3 Å². The van der Waals surface area contributed by atoms with Gasteiger partial charge in [0.25, 0.3) is 0 Å². The van der Waals surface area contributed by atoms with Gasteiger partial charge in [0.1, 0.15) is 5.75 Å². The Labute approximate surface area is 171 Å². The van der Waals surface area contributed by atoms with Crippen molar-refractivity contribution in [2.75, 3.05) is 6.61 Å². The molecule has 0 fully saturated rings. The maximum absolute atomic E-state index is 13.4. The second-order valence-electron chi connectivity index (χ2n) is 6.27. The van der Waals surface area contributed by atoms with Crippen LogP contribution in [0.15, 0.2) is 83.8 Å². The smallest absolute Gasteiger partial charge is 0.243 e. The lowest BCUT2D eigenvalue weighted by Gasteiger charge is -2.23. The van der Waals surface area contributed by atoms with Crippen molar-refractivity contribution in [1.29, 1.82) is 0 Å². The van der Waals surface area contributed by atoms with Gasteiger partial charge >= 0.3 is 0 Å². The summed E-state index contributed by atoms with van der Waals surface area (Å²) in [7, 11) is -3.76. The van der Waals surface area contributed by atoms with Crippen molar-refractivity contribution in [3.05, 3.63) is 95.0 Å². The minimum Gasteiger partial charge on any atom is -0.492 e. The van der Waals surface area contributed by atoms with Gasteiger partial charge in [0.2, 0.25) is 10.0 Å². The van der Waals surface area contributed by atoms with E-state index in [1.54, 1.807) is 6.07 Å². The van der Waals surface area contributed by atoms with Crippen molar-refractivity contribution >= 4 is 21.6 Å². The minimum absolute atomic E-state index is 0.146. The molecule has 3 aromatic carbocycles. The Balaban J connectivity index is 1.96. The SMILES string of the molecule is CCOc1ccc(S(=O)(=O)N(Cc2ccccc2)Cc2ccccc2)cc1Cl. The quantitative estimate of drug-likeness (QED) is 0.512. The number of ether oxygens (including phenoxy) is 1. The van der Waals surface area contributed by atoms with Gasteiger partial charge in [0, 0.05) is 13.1 Å². The molecule has 0 heterocycles. The monoisotopic (exact) mass is 415 g/mol. The van der Waals surface area contributed by atoms with Gasteiger partial charge in [0.15, 0.2) is 0 Å². The summed E-state index contributed by atoms with van der Waals surface area (Å²) < 4.78 is 33.7. The van der Waals surface area contributed by atoms with Gasteiger partial charge in [-0.15, -0.1) is 0 Å². The van der Waals surface area contributed by atoms with Crippen LogP contribution in [0.25, 0.3) is 0 Å². The van der Waals surface area contributed by atoms with Crippen LogP contribution >= 0.6 is 11.6 Å². The molecular weight excluding hydrogens is 394 g/mol. The van der Waals surface area contributed by atoms with Crippen molar-refractivity contribution < 1.29 is 13.2 Å².